The molecule has 4 rings (SSSR count). The highest BCUT2D eigenvalue weighted by Gasteiger charge is 2.27. The van der Waals surface area contributed by atoms with E-state index in [0.29, 0.717) is 29.1 Å². The lowest BCUT2D eigenvalue weighted by Gasteiger charge is -2.05. The molecule has 0 bridgehead atoms. The molecule has 1 amide bonds. The molecule has 24 heavy (non-hydrogen) atoms. The quantitative estimate of drug-likeness (QED) is 0.600. The molecule has 0 aliphatic carbocycles. The molecule has 118 valence electrons. The minimum atomic E-state index is -0.959. The van der Waals surface area contributed by atoms with Crippen LogP contribution in [-0.4, -0.2) is 38.2 Å². The van der Waals surface area contributed by atoms with Gasteiger partial charge in [0.25, 0.3) is 5.91 Å². The van der Waals surface area contributed by atoms with Gasteiger partial charge >= 0.3 is 7.12 Å². The first-order valence-electron chi connectivity index (χ1n) is 7.27. The van der Waals surface area contributed by atoms with Crippen LogP contribution in [0, 0.1) is 0 Å². The number of pyridine rings is 1. The first-order chi connectivity index (χ1) is 11.7. The van der Waals surface area contributed by atoms with Crippen molar-refractivity contribution in [2.24, 2.45) is 0 Å². The molecule has 9 heteroatoms. The summed E-state index contributed by atoms with van der Waals surface area (Å²) in [5.41, 5.74) is 2.81. The van der Waals surface area contributed by atoms with Gasteiger partial charge in [0.05, 0.1) is 6.61 Å². The van der Waals surface area contributed by atoms with Crippen LogP contribution in [0.15, 0.2) is 42.7 Å². The van der Waals surface area contributed by atoms with E-state index in [1.165, 1.54) is 0 Å². The number of aromatic nitrogens is 4. The van der Waals surface area contributed by atoms with Crippen molar-refractivity contribution >= 4 is 24.2 Å². The maximum absolute atomic E-state index is 12.3. The SMILES string of the molecule is O=C(Nc1ccc2c(c1)B(O)OC2)c1nc(-c2cccnc2)n[nH]1. The lowest BCUT2D eigenvalue weighted by Crippen LogP contribution is -2.28. The number of nitrogens with one attached hydrogen (secondary N) is 2. The Morgan fingerprint density at radius 2 is 2.29 bits per heavy atom. The molecular weight excluding hydrogens is 309 g/mol. The van der Waals surface area contributed by atoms with E-state index in [1.54, 1.807) is 36.7 Å². The van der Waals surface area contributed by atoms with Crippen LogP contribution in [0.25, 0.3) is 11.4 Å². The van der Waals surface area contributed by atoms with Gasteiger partial charge in [0.2, 0.25) is 5.82 Å². The van der Waals surface area contributed by atoms with E-state index >= 15 is 0 Å². The zero-order valence-electron chi connectivity index (χ0n) is 12.4. The van der Waals surface area contributed by atoms with E-state index in [0.717, 1.165) is 5.56 Å². The molecule has 0 saturated carbocycles. The molecule has 3 N–H and O–H groups in total. The molecule has 0 fully saturated rings. The molecule has 0 atom stereocenters. The fourth-order valence-corrected chi connectivity index (χ4v) is 2.47. The van der Waals surface area contributed by atoms with Gasteiger partial charge in [-0.1, -0.05) is 6.07 Å². The average Bonchev–Trinajstić information content (AvgIpc) is 3.24. The Kier molecular flexibility index (Phi) is 3.56. The van der Waals surface area contributed by atoms with Crippen LogP contribution >= 0.6 is 0 Å². The van der Waals surface area contributed by atoms with Crippen molar-refractivity contribution < 1.29 is 14.5 Å². The molecule has 1 aliphatic heterocycles. The first kappa shape index (κ1) is 14.6. The van der Waals surface area contributed by atoms with Gasteiger partial charge in [-0.05, 0) is 35.3 Å². The normalized spacial score (nSPS) is 13.0. The molecular formula is C15H12BN5O3. The number of aromatic amines is 1. The van der Waals surface area contributed by atoms with Crippen LogP contribution in [0.4, 0.5) is 5.69 Å². The molecule has 1 aliphatic rings. The third-order valence-corrected chi connectivity index (χ3v) is 3.69. The Labute approximate surface area is 137 Å². The maximum atomic E-state index is 12.3. The van der Waals surface area contributed by atoms with Crippen molar-refractivity contribution in [1.29, 1.82) is 0 Å². The Hall–Kier alpha value is -3.04. The van der Waals surface area contributed by atoms with Crippen molar-refractivity contribution in [3.05, 3.63) is 54.1 Å². The molecule has 3 aromatic rings. The van der Waals surface area contributed by atoms with Crippen LogP contribution < -0.4 is 10.8 Å². The topological polar surface area (TPSA) is 113 Å². The highest BCUT2D eigenvalue weighted by Crippen LogP contribution is 2.16. The number of H-pyrrole nitrogens is 1. The van der Waals surface area contributed by atoms with Gasteiger partial charge in [-0.15, -0.1) is 0 Å². The number of carbonyl (C=O) groups excluding carboxylic acids is 1. The summed E-state index contributed by atoms with van der Waals surface area (Å²) < 4.78 is 5.13. The number of hydrogen-bond acceptors (Lipinski definition) is 6. The maximum Gasteiger partial charge on any atom is 0.491 e. The molecule has 3 heterocycles. The minimum absolute atomic E-state index is 0.0890. The second-order valence-electron chi connectivity index (χ2n) is 5.28. The zero-order valence-corrected chi connectivity index (χ0v) is 12.4. The Balaban J connectivity index is 1.53. The summed E-state index contributed by atoms with van der Waals surface area (Å²) in [6, 6.07) is 8.81. The number of amides is 1. The predicted molar refractivity (Wildman–Crippen MR) is 86.4 cm³/mol. The molecule has 0 spiro atoms. The second kappa shape index (κ2) is 5.87. The summed E-state index contributed by atoms with van der Waals surface area (Å²) in [7, 11) is -0.959. The summed E-state index contributed by atoms with van der Waals surface area (Å²) in [4.78, 5) is 20.5. The van der Waals surface area contributed by atoms with Crippen molar-refractivity contribution in [3.63, 3.8) is 0 Å². The van der Waals surface area contributed by atoms with Crippen LogP contribution in [0.2, 0.25) is 0 Å². The third-order valence-electron chi connectivity index (χ3n) is 3.69. The monoisotopic (exact) mass is 321 g/mol. The lowest BCUT2D eigenvalue weighted by atomic mass is 9.79. The van der Waals surface area contributed by atoms with E-state index in [2.05, 4.69) is 25.5 Å². The molecule has 2 aromatic heterocycles. The van der Waals surface area contributed by atoms with E-state index < -0.39 is 13.0 Å². The number of carbonyl (C=O) groups is 1. The standard InChI is InChI=1S/C15H12BN5O3/c22-15(14-19-13(20-21-14)9-2-1-5-17-7-9)18-11-4-3-10-8-24-16(23)12(10)6-11/h1-7,23H,8H2,(H,18,22)(H,19,20,21). The van der Waals surface area contributed by atoms with Gasteiger partial charge < -0.3 is 15.0 Å². The highest BCUT2D eigenvalue weighted by molar-refractivity contribution is 6.61. The summed E-state index contributed by atoms with van der Waals surface area (Å²) in [6.07, 6.45) is 3.27. The highest BCUT2D eigenvalue weighted by atomic mass is 16.5. The van der Waals surface area contributed by atoms with Crippen LogP contribution in [-0.2, 0) is 11.3 Å². The number of fused-ring (bicyclic) bond motifs is 1. The Bertz CT molecular complexity index is 899. The summed E-state index contributed by atoms with van der Waals surface area (Å²) in [5, 5.41) is 19.1. The van der Waals surface area contributed by atoms with E-state index in [9.17, 15) is 9.82 Å². The van der Waals surface area contributed by atoms with Gasteiger partial charge in [0, 0.05) is 23.6 Å². The smallest absolute Gasteiger partial charge is 0.423 e. The van der Waals surface area contributed by atoms with Crippen molar-refractivity contribution in [1.82, 2.24) is 20.2 Å². The Morgan fingerprint density at radius 3 is 3.12 bits per heavy atom. The lowest BCUT2D eigenvalue weighted by molar-refractivity contribution is 0.101. The van der Waals surface area contributed by atoms with Gasteiger partial charge in [-0.2, -0.15) is 5.10 Å². The number of hydrogen-bond donors (Lipinski definition) is 3. The van der Waals surface area contributed by atoms with Crippen LogP contribution in [0.3, 0.4) is 0 Å². The number of rotatable bonds is 3. The molecule has 1 aromatic carbocycles. The summed E-state index contributed by atoms with van der Waals surface area (Å²) in [5.74, 6) is 0.0585. The largest absolute Gasteiger partial charge is 0.491 e. The number of nitrogens with zero attached hydrogens (tertiary/aromatic N) is 3. The van der Waals surface area contributed by atoms with Crippen LogP contribution in [0.1, 0.15) is 16.2 Å². The first-order valence-corrected chi connectivity index (χ1v) is 7.27. The molecule has 0 unspecified atom stereocenters. The molecule has 8 nitrogen and oxygen atoms in total. The average molecular weight is 321 g/mol. The fraction of sp³-hybridized carbons (Fsp3) is 0.0667. The second-order valence-corrected chi connectivity index (χ2v) is 5.28. The van der Waals surface area contributed by atoms with E-state index in [4.69, 9.17) is 4.65 Å². The Morgan fingerprint density at radius 1 is 1.38 bits per heavy atom. The molecule has 0 saturated heterocycles. The number of anilines is 1. The van der Waals surface area contributed by atoms with Gasteiger partial charge in [-0.25, -0.2) is 4.98 Å². The van der Waals surface area contributed by atoms with Gasteiger partial charge in [0.1, 0.15) is 0 Å². The third kappa shape index (κ3) is 2.66. The van der Waals surface area contributed by atoms with Gasteiger partial charge in [-0.3, -0.25) is 14.9 Å². The van der Waals surface area contributed by atoms with E-state index in [1.807, 2.05) is 6.07 Å². The van der Waals surface area contributed by atoms with Gasteiger partial charge in [0.15, 0.2) is 5.82 Å². The predicted octanol–water partition coefficient (Wildman–Crippen LogP) is 0.337. The van der Waals surface area contributed by atoms with Crippen molar-refractivity contribution in [2.75, 3.05) is 5.32 Å². The van der Waals surface area contributed by atoms with Crippen molar-refractivity contribution in [3.8, 4) is 11.4 Å². The van der Waals surface area contributed by atoms with Crippen molar-refractivity contribution in [2.45, 2.75) is 6.61 Å². The van der Waals surface area contributed by atoms with Crippen LogP contribution in [0.5, 0.6) is 0 Å². The molecule has 0 radical (unpaired) electrons. The zero-order chi connectivity index (χ0) is 16.5. The van der Waals surface area contributed by atoms with E-state index in [-0.39, 0.29) is 5.82 Å². The summed E-state index contributed by atoms with van der Waals surface area (Å²) in [6.45, 7) is 0.362. The number of benzene rings is 1. The fourth-order valence-electron chi connectivity index (χ4n) is 2.47. The minimum Gasteiger partial charge on any atom is -0.423 e. The summed E-state index contributed by atoms with van der Waals surface area (Å²) >= 11 is 0.